The number of allylic oxidation sites excluding steroid dienone is 2. The zero-order chi connectivity index (χ0) is 25.8. The molecule has 0 aromatic rings. The first kappa shape index (κ1) is 24.7. The molecule has 0 spiro atoms. The van der Waals surface area contributed by atoms with Gasteiger partial charge in [0.05, 0.1) is 11.0 Å². The number of hydrogen-bond acceptors (Lipinski definition) is 4. The molecule has 5 rings (SSSR count). The fourth-order valence-electron chi connectivity index (χ4n) is 10.3. The molecular formula is C30H41NO4. The Labute approximate surface area is 209 Å². The Kier molecular flexibility index (Phi) is 5.15. The van der Waals surface area contributed by atoms with Crippen LogP contribution in [0.4, 0.5) is 0 Å². The summed E-state index contributed by atoms with van der Waals surface area (Å²) in [4.78, 5) is 39.8. The number of aliphatic carboxylic acids is 1. The van der Waals surface area contributed by atoms with E-state index in [9.17, 15) is 24.8 Å². The number of Topliss-reactive ketones (excluding diaryl/α,β-unsaturated/α-hetero) is 2. The van der Waals surface area contributed by atoms with Crippen LogP contribution in [-0.2, 0) is 14.4 Å². The van der Waals surface area contributed by atoms with Crippen LogP contribution < -0.4 is 0 Å². The first-order chi connectivity index (χ1) is 16.2. The lowest BCUT2D eigenvalue weighted by atomic mass is 9.32. The van der Waals surface area contributed by atoms with Gasteiger partial charge in [0.1, 0.15) is 11.9 Å². The monoisotopic (exact) mass is 479 g/mol. The first-order valence-corrected chi connectivity index (χ1v) is 13.6. The summed E-state index contributed by atoms with van der Waals surface area (Å²) in [5, 5.41) is 20.2. The number of nitrogens with zero attached hydrogens (tertiary/aromatic N) is 1. The third-order valence-corrected chi connectivity index (χ3v) is 12.5. The summed E-state index contributed by atoms with van der Waals surface area (Å²) >= 11 is 0. The van der Waals surface area contributed by atoms with Gasteiger partial charge in [-0.15, -0.1) is 0 Å². The van der Waals surface area contributed by atoms with E-state index in [0.29, 0.717) is 19.3 Å². The summed E-state index contributed by atoms with van der Waals surface area (Å²) in [6, 6.07) is 2.15. The van der Waals surface area contributed by atoms with E-state index < -0.39 is 11.4 Å². The Morgan fingerprint density at radius 3 is 2.29 bits per heavy atom. The van der Waals surface area contributed by atoms with Gasteiger partial charge in [-0.2, -0.15) is 5.26 Å². The van der Waals surface area contributed by atoms with Gasteiger partial charge in [-0.25, -0.2) is 0 Å². The molecule has 1 N–H and O–H groups in total. The molecule has 4 saturated carbocycles. The molecule has 0 aliphatic heterocycles. The summed E-state index contributed by atoms with van der Waals surface area (Å²) < 4.78 is 0. The Balaban J connectivity index is 1.64. The van der Waals surface area contributed by atoms with Crippen LogP contribution in [-0.4, -0.2) is 22.6 Å². The van der Waals surface area contributed by atoms with Crippen LogP contribution in [0.25, 0.3) is 0 Å². The van der Waals surface area contributed by atoms with Crippen molar-refractivity contribution in [1.29, 1.82) is 5.26 Å². The highest BCUT2D eigenvalue weighted by molar-refractivity contribution is 6.01. The molecular weight excluding hydrogens is 438 g/mol. The molecule has 5 aliphatic carbocycles. The lowest BCUT2D eigenvalue weighted by Gasteiger charge is -2.71. The number of carbonyl (C=O) groups is 3. The minimum atomic E-state index is -0.792. The largest absolute Gasteiger partial charge is 0.481 e. The van der Waals surface area contributed by atoms with Crippen LogP contribution >= 0.6 is 0 Å². The number of hydrogen-bond donors (Lipinski definition) is 1. The maximum absolute atomic E-state index is 14.2. The fourth-order valence-corrected chi connectivity index (χ4v) is 10.3. The SMILES string of the molecule is CC1C(=O)C(C#N)=CC2(C)C1CCC1(C)C2CC(=O)C2C3CC(C)(C)CCC3(C(=O)O)CCC21C. The van der Waals surface area contributed by atoms with Crippen LogP contribution in [0.5, 0.6) is 0 Å². The second-order valence-electron chi connectivity index (χ2n) is 14.3. The molecule has 190 valence electrons. The van der Waals surface area contributed by atoms with Gasteiger partial charge in [-0.1, -0.05) is 47.6 Å². The van der Waals surface area contributed by atoms with Gasteiger partial charge in [0, 0.05) is 18.3 Å². The van der Waals surface area contributed by atoms with E-state index in [0.717, 1.165) is 32.1 Å². The van der Waals surface area contributed by atoms with Gasteiger partial charge < -0.3 is 5.11 Å². The van der Waals surface area contributed by atoms with Gasteiger partial charge in [0.25, 0.3) is 0 Å². The summed E-state index contributed by atoms with van der Waals surface area (Å²) in [6.07, 6.45) is 7.93. The quantitative estimate of drug-likeness (QED) is 0.499. The molecule has 0 saturated heterocycles. The normalized spacial score (nSPS) is 50.5. The summed E-state index contributed by atoms with van der Waals surface area (Å²) in [5.41, 5.74) is -1.33. The van der Waals surface area contributed by atoms with Crippen LogP contribution in [0.15, 0.2) is 11.6 Å². The highest BCUT2D eigenvalue weighted by atomic mass is 16.4. The minimum Gasteiger partial charge on any atom is -0.481 e. The molecule has 0 aromatic carbocycles. The molecule has 0 radical (unpaired) electrons. The lowest BCUT2D eigenvalue weighted by Crippen LogP contribution is -2.68. The van der Waals surface area contributed by atoms with Crippen LogP contribution in [0.1, 0.15) is 92.9 Å². The molecule has 0 heterocycles. The molecule has 5 aliphatic rings. The maximum Gasteiger partial charge on any atom is 0.309 e. The first-order valence-electron chi connectivity index (χ1n) is 13.6. The number of carboxylic acids is 1. The Morgan fingerprint density at radius 2 is 1.66 bits per heavy atom. The van der Waals surface area contributed by atoms with Gasteiger partial charge in [0.15, 0.2) is 5.78 Å². The number of rotatable bonds is 1. The molecule has 0 aromatic heterocycles. The van der Waals surface area contributed by atoms with Crippen LogP contribution in [0.2, 0.25) is 0 Å². The molecule has 5 nitrogen and oxygen atoms in total. The van der Waals surface area contributed by atoms with Crippen LogP contribution in [0.3, 0.4) is 0 Å². The second-order valence-corrected chi connectivity index (χ2v) is 14.3. The standard InChI is InChI=1S/C30H41NO4/c1-17-19-7-8-28(5)22(27(19,4)14-18(16-31)24(17)33)13-21(32)23-20-15-26(2,3)9-11-30(20,25(34)35)12-10-29(23,28)6/h14,17,19-20,22-23H,7-13,15H2,1-6H3,(H,34,35). The van der Waals surface area contributed by atoms with Crippen molar-refractivity contribution < 1.29 is 19.5 Å². The van der Waals surface area contributed by atoms with Crippen molar-refractivity contribution in [3.05, 3.63) is 11.6 Å². The Morgan fingerprint density at radius 1 is 1.00 bits per heavy atom. The van der Waals surface area contributed by atoms with Gasteiger partial charge in [-0.05, 0) is 84.4 Å². The summed E-state index contributed by atoms with van der Waals surface area (Å²) in [5.74, 6) is -0.944. The van der Waals surface area contributed by atoms with Gasteiger partial charge >= 0.3 is 5.97 Å². The van der Waals surface area contributed by atoms with Crippen LogP contribution in [0, 0.1) is 68.0 Å². The number of ketones is 2. The molecule has 9 unspecified atom stereocenters. The van der Waals surface area contributed by atoms with Crippen molar-refractivity contribution in [2.75, 3.05) is 0 Å². The molecule has 0 bridgehead atoms. The average Bonchev–Trinajstić information content (AvgIpc) is 2.77. The fraction of sp³-hybridized carbons (Fsp3) is 0.800. The van der Waals surface area contributed by atoms with E-state index in [1.54, 1.807) is 0 Å². The third kappa shape index (κ3) is 2.95. The number of nitriles is 1. The highest BCUT2D eigenvalue weighted by Gasteiger charge is 2.72. The molecule has 5 heteroatoms. The van der Waals surface area contributed by atoms with Gasteiger partial charge in [-0.3, -0.25) is 14.4 Å². The van der Waals surface area contributed by atoms with Crippen molar-refractivity contribution >= 4 is 17.5 Å². The number of carboxylic acid groups (broad SMARTS) is 1. The van der Waals surface area contributed by atoms with Crippen molar-refractivity contribution in [3.63, 3.8) is 0 Å². The minimum absolute atomic E-state index is 0.0349. The predicted molar refractivity (Wildman–Crippen MR) is 132 cm³/mol. The van der Waals surface area contributed by atoms with E-state index in [1.807, 2.05) is 13.0 Å². The molecule has 4 fully saturated rings. The average molecular weight is 480 g/mol. The van der Waals surface area contributed by atoms with Crippen molar-refractivity contribution in [2.24, 2.45) is 56.7 Å². The van der Waals surface area contributed by atoms with Crippen molar-refractivity contribution in [2.45, 2.75) is 92.9 Å². The van der Waals surface area contributed by atoms with E-state index >= 15 is 0 Å². The lowest BCUT2D eigenvalue weighted by molar-refractivity contribution is -0.222. The number of carbonyl (C=O) groups excluding carboxylic acids is 2. The van der Waals surface area contributed by atoms with Gasteiger partial charge in [0.2, 0.25) is 0 Å². The van der Waals surface area contributed by atoms with Crippen molar-refractivity contribution in [3.8, 4) is 6.07 Å². The second kappa shape index (κ2) is 7.30. The topological polar surface area (TPSA) is 95.2 Å². The maximum atomic E-state index is 14.2. The van der Waals surface area contributed by atoms with E-state index in [2.05, 4.69) is 40.7 Å². The smallest absolute Gasteiger partial charge is 0.309 e. The Bertz CT molecular complexity index is 1080. The molecule has 0 amide bonds. The Hall–Kier alpha value is -1.96. The predicted octanol–water partition coefficient (Wildman–Crippen LogP) is 5.98. The zero-order valence-electron chi connectivity index (χ0n) is 22.2. The van der Waals surface area contributed by atoms with E-state index in [-0.39, 0.29) is 68.4 Å². The third-order valence-electron chi connectivity index (χ3n) is 12.5. The van der Waals surface area contributed by atoms with Crippen molar-refractivity contribution in [1.82, 2.24) is 0 Å². The summed E-state index contributed by atoms with van der Waals surface area (Å²) in [6.45, 7) is 13.2. The molecule has 35 heavy (non-hydrogen) atoms. The zero-order valence-corrected chi connectivity index (χ0v) is 22.2. The molecule has 9 atom stereocenters. The number of fused-ring (bicyclic) bond motifs is 7. The van der Waals surface area contributed by atoms with E-state index in [4.69, 9.17) is 0 Å². The highest BCUT2D eigenvalue weighted by Crippen LogP contribution is 2.75. The van der Waals surface area contributed by atoms with E-state index in [1.165, 1.54) is 0 Å². The summed E-state index contributed by atoms with van der Waals surface area (Å²) in [7, 11) is 0.